The lowest BCUT2D eigenvalue weighted by molar-refractivity contribution is 0.0695. The predicted molar refractivity (Wildman–Crippen MR) is 69.7 cm³/mol. The lowest BCUT2D eigenvalue weighted by Gasteiger charge is -2.08. The average Bonchev–Trinajstić information content (AvgIpc) is 2.34. The molecule has 0 radical (unpaired) electrons. The van der Waals surface area contributed by atoms with E-state index in [1.165, 1.54) is 24.5 Å². The summed E-state index contributed by atoms with van der Waals surface area (Å²) in [6, 6.07) is 2.85. The van der Waals surface area contributed by atoms with Crippen molar-refractivity contribution in [2.24, 2.45) is 0 Å². The zero-order chi connectivity index (χ0) is 14.0. The Balaban J connectivity index is 2.33. The molecule has 98 valence electrons. The van der Waals surface area contributed by atoms with Gasteiger partial charge in [0.1, 0.15) is 5.75 Å². The highest BCUT2D eigenvalue weighted by Crippen LogP contribution is 2.27. The van der Waals surface area contributed by atoms with Gasteiger partial charge in [0.05, 0.1) is 28.2 Å². The van der Waals surface area contributed by atoms with Gasteiger partial charge in [-0.3, -0.25) is 4.98 Å². The molecule has 2 rings (SSSR count). The maximum atomic E-state index is 11.0. The van der Waals surface area contributed by atoms with Gasteiger partial charge in [-0.25, -0.2) is 9.78 Å². The minimum absolute atomic E-state index is 0.0602. The summed E-state index contributed by atoms with van der Waals surface area (Å²) in [4.78, 5) is 18.8. The number of nitrogens with two attached hydrogens (primary N) is 1. The molecule has 19 heavy (non-hydrogen) atoms. The molecule has 0 unspecified atom stereocenters. The first-order valence-corrected chi connectivity index (χ1v) is 5.64. The molecule has 0 amide bonds. The van der Waals surface area contributed by atoms with E-state index in [1.807, 2.05) is 0 Å². The summed E-state index contributed by atoms with van der Waals surface area (Å²) in [5.41, 5.74) is 6.40. The van der Waals surface area contributed by atoms with Crippen molar-refractivity contribution in [3.8, 4) is 11.6 Å². The smallest absolute Gasteiger partial charge is 0.337 e. The molecule has 7 heteroatoms. The summed E-state index contributed by atoms with van der Waals surface area (Å²) < 4.78 is 5.39. The van der Waals surface area contributed by atoms with Crippen LogP contribution in [0.2, 0.25) is 5.02 Å². The Bertz CT molecular complexity index is 646. The number of hydrogen-bond donors (Lipinski definition) is 2. The number of carboxylic acids is 1. The number of rotatable bonds is 3. The van der Waals surface area contributed by atoms with Crippen LogP contribution in [0.5, 0.6) is 11.6 Å². The summed E-state index contributed by atoms with van der Waals surface area (Å²) in [6.45, 7) is 1.60. The van der Waals surface area contributed by atoms with Crippen LogP contribution in [0.4, 0.5) is 5.69 Å². The molecule has 0 spiro atoms. The highest BCUT2D eigenvalue weighted by atomic mass is 35.5. The van der Waals surface area contributed by atoms with E-state index in [2.05, 4.69) is 9.97 Å². The van der Waals surface area contributed by atoms with Crippen LogP contribution in [0.3, 0.4) is 0 Å². The van der Waals surface area contributed by atoms with Gasteiger partial charge in [0.25, 0.3) is 0 Å². The molecule has 2 aromatic heterocycles. The molecule has 0 aliphatic carbocycles. The molecule has 0 aliphatic heterocycles. The third kappa shape index (κ3) is 2.92. The monoisotopic (exact) mass is 279 g/mol. The van der Waals surface area contributed by atoms with E-state index >= 15 is 0 Å². The van der Waals surface area contributed by atoms with E-state index < -0.39 is 5.97 Å². The van der Waals surface area contributed by atoms with E-state index in [0.717, 1.165) is 0 Å². The van der Waals surface area contributed by atoms with Crippen molar-refractivity contribution in [2.45, 2.75) is 6.92 Å². The van der Waals surface area contributed by atoms with Crippen molar-refractivity contribution in [3.05, 3.63) is 40.8 Å². The summed E-state index contributed by atoms with van der Waals surface area (Å²) >= 11 is 5.72. The molecule has 0 aliphatic rings. The lowest BCUT2D eigenvalue weighted by atomic mass is 10.2. The van der Waals surface area contributed by atoms with Crippen LogP contribution in [0.25, 0.3) is 0 Å². The molecule has 0 atom stereocenters. The minimum atomic E-state index is -1.08. The first-order chi connectivity index (χ1) is 8.97. The molecule has 0 saturated heterocycles. The minimum Gasteiger partial charge on any atom is -0.478 e. The van der Waals surface area contributed by atoms with Gasteiger partial charge in [0.2, 0.25) is 5.88 Å². The van der Waals surface area contributed by atoms with Gasteiger partial charge in [-0.15, -0.1) is 0 Å². The van der Waals surface area contributed by atoms with Crippen LogP contribution in [0.1, 0.15) is 16.1 Å². The normalized spacial score (nSPS) is 10.2. The molecule has 0 bridgehead atoms. The Morgan fingerprint density at radius 1 is 1.37 bits per heavy atom. The molecule has 6 nitrogen and oxygen atoms in total. The maximum Gasteiger partial charge on any atom is 0.337 e. The predicted octanol–water partition coefficient (Wildman–Crippen LogP) is 2.51. The number of aromatic nitrogens is 2. The van der Waals surface area contributed by atoms with Crippen molar-refractivity contribution in [1.29, 1.82) is 0 Å². The number of nitrogens with zero attached hydrogens (tertiary/aromatic N) is 2. The van der Waals surface area contributed by atoms with Crippen LogP contribution in [-0.4, -0.2) is 21.0 Å². The molecular weight excluding hydrogens is 270 g/mol. The number of carboxylic acid groups (broad SMARTS) is 1. The number of aryl methyl sites for hydroxylation is 1. The number of anilines is 1. The van der Waals surface area contributed by atoms with E-state index in [0.29, 0.717) is 10.7 Å². The van der Waals surface area contributed by atoms with Crippen LogP contribution in [-0.2, 0) is 0 Å². The third-order valence-electron chi connectivity index (χ3n) is 2.35. The number of aromatic carboxylic acids is 1. The van der Waals surface area contributed by atoms with E-state index in [4.69, 9.17) is 27.2 Å². The zero-order valence-electron chi connectivity index (χ0n) is 9.92. The second-order valence-electron chi connectivity index (χ2n) is 3.76. The van der Waals surface area contributed by atoms with Gasteiger partial charge in [-0.05, 0) is 19.1 Å². The number of ether oxygens (including phenoxy) is 1. The van der Waals surface area contributed by atoms with Gasteiger partial charge in [0.15, 0.2) is 0 Å². The third-order valence-corrected chi connectivity index (χ3v) is 2.56. The van der Waals surface area contributed by atoms with Gasteiger partial charge in [-0.2, -0.15) is 0 Å². The molecule has 2 heterocycles. The van der Waals surface area contributed by atoms with Crippen LogP contribution < -0.4 is 10.5 Å². The van der Waals surface area contributed by atoms with Crippen molar-refractivity contribution in [2.75, 3.05) is 5.73 Å². The SMILES string of the molecule is Cc1ncc(Oc2ncc(Cl)cc2N)cc1C(=O)O. The first-order valence-electron chi connectivity index (χ1n) is 5.26. The Labute approximate surface area is 113 Å². The summed E-state index contributed by atoms with van der Waals surface area (Å²) in [5, 5.41) is 9.38. The number of hydrogen-bond acceptors (Lipinski definition) is 5. The zero-order valence-corrected chi connectivity index (χ0v) is 10.7. The summed E-state index contributed by atoms with van der Waals surface area (Å²) in [6.07, 6.45) is 2.78. The number of halogens is 1. The van der Waals surface area contributed by atoms with E-state index in [9.17, 15) is 4.79 Å². The highest BCUT2D eigenvalue weighted by Gasteiger charge is 2.11. The van der Waals surface area contributed by atoms with Crippen LogP contribution in [0, 0.1) is 6.92 Å². The lowest BCUT2D eigenvalue weighted by Crippen LogP contribution is -2.03. The standard InChI is InChI=1S/C12H10ClN3O3/c1-6-9(12(17)18)3-8(5-15-6)19-11-10(14)2-7(13)4-16-11/h2-5H,14H2,1H3,(H,17,18). The molecule has 0 saturated carbocycles. The van der Waals surface area contributed by atoms with Crippen molar-refractivity contribution in [1.82, 2.24) is 9.97 Å². The number of nitrogen functional groups attached to an aromatic ring is 1. The molecule has 2 aromatic rings. The fraction of sp³-hybridized carbons (Fsp3) is 0.0833. The van der Waals surface area contributed by atoms with E-state index in [1.54, 1.807) is 6.92 Å². The second kappa shape index (κ2) is 5.11. The molecule has 3 N–H and O–H groups in total. The molecule has 0 aromatic carbocycles. The Morgan fingerprint density at radius 2 is 2.11 bits per heavy atom. The number of carbonyl (C=O) groups is 1. The first kappa shape index (κ1) is 13.1. The largest absolute Gasteiger partial charge is 0.478 e. The quantitative estimate of drug-likeness (QED) is 0.896. The Hall–Kier alpha value is -2.34. The topological polar surface area (TPSA) is 98.3 Å². The van der Waals surface area contributed by atoms with E-state index in [-0.39, 0.29) is 22.9 Å². The summed E-state index contributed by atoms with van der Waals surface area (Å²) in [5.74, 6) is -0.691. The van der Waals surface area contributed by atoms with Crippen molar-refractivity contribution >= 4 is 23.3 Å². The fourth-order valence-corrected chi connectivity index (χ4v) is 1.59. The Kier molecular flexibility index (Phi) is 3.52. The van der Waals surface area contributed by atoms with Gasteiger partial charge >= 0.3 is 5.97 Å². The maximum absolute atomic E-state index is 11.0. The summed E-state index contributed by atoms with van der Waals surface area (Å²) in [7, 11) is 0. The molecular formula is C12H10ClN3O3. The highest BCUT2D eigenvalue weighted by molar-refractivity contribution is 6.30. The number of pyridine rings is 2. The van der Waals surface area contributed by atoms with Crippen molar-refractivity contribution < 1.29 is 14.6 Å². The average molecular weight is 280 g/mol. The van der Waals surface area contributed by atoms with Gasteiger partial charge in [0, 0.05) is 6.20 Å². The molecule has 0 fully saturated rings. The second-order valence-corrected chi connectivity index (χ2v) is 4.20. The van der Waals surface area contributed by atoms with Crippen LogP contribution >= 0.6 is 11.6 Å². The van der Waals surface area contributed by atoms with Gasteiger partial charge in [-0.1, -0.05) is 11.6 Å². The Morgan fingerprint density at radius 3 is 2.74 bits per heavy atom. The van der Waals surface area contributed by atoms with Crippen LogP contribution in [0.15, 0.2) is 24.5 Å². The van der Waals surface area contributed by atoms with Gasteiger partial charge < -0.3 is 15.6 Å². The van der Waals surface area contributed by atoms with Crippen molar-refractivity contribution in [3.63, 3.8) is 0 Å². The fourth-order valence-electron chi connectivity index (χ4n) is 1.43.